The van der Waals surface area contributed by atoms with Crippen LogP contribution in [-0.4, -0.2) is 19.5 Å². The fourth-order valence-electron chi connectivity index (χ4n) is 1.92. The van der Waals surface area contributed by atoms with E-state index in [1.165, 1.54) is 12.1 Å². The van der Waals surface area contributed by atoms with Crippen LogP contribution in [0.4, 0.5) is 5.69 Å². The number of sulfonamides is 1. The lowest BCUT2D eigenvalue weighted by Crippen LogP contribution is -2.15. The van der Waals surface area contributed by atoms with Gasteiger partial charge in [0.15, 0.2) is 0 Å². The summed E-state index contributed by atoms with van der Waals surface area (Å²) in [6, 6.07) is 8.84. The molecule has 116 valence electrons. The summed E-state index contributed by atoms with van der Waals surface area (Å²) >= 11 is 5.96. The second-order valence-electron chi connectivity index (χ2n) is 4.80. The van der Waals surface area contributed by atoms with Crippen LogP contribution in [0.15, 0.2) is 41.3 Å². The first kappa shape index (κ1) is 16.3. The lowest BCUT2D eigenvalue weighted by atomic mass is 10.1. The fourth-order valence-corrected chi connectivity index (χ4v) is 3.24. The van der Waals surface area contributed by atoms with Gasteiger partial charge in [-0.1, -0.05) is 23.7 Å². The minimum absolute atomic E-state index is 0.0503. The molecule has 0 aromatic heterocycles. The molecule has 0 aliphatic rings. The summed E-state index contributed by atoms with van der Waals surface area (Å²) in [5.41, 5.74) is 1.39. The van der Waals surface area contributed by atoms with Crippen LogP contribution in [0.2, 0.25) is 5.02 Å². The molecule has 0 saturated heterocycles. The third kappa shape index (κ3) is 3.23. The summed E-state index contributed by atoms with van der Waals surface area (Å²) in [6.45, 7) is 3.30. The highest BCUT2D eigenvalue weighted by Crippen LogP contribution is 2.26. The quantitative estimate of drug-likeness (QED) is 0.893. The Morgan fingerprint density at radius 2 is 1.86 bits per heavy atom. The topological polar surface area (TPSA) is 83.5 Å². The molecule has 0 saturated carbocycles. The van der Waals surface area contributed by atoms with E-state index in [1.54, 1.807) is 32.0 Å². The number of hydrogen-bond donors (Lipinski definition) is 2. The van der Waals surface area contributed by atoms with E-state index in [0.717, 1.165) is 6.07 Å². The van der Waals surface area contributed by atoms with Crippen LogP contribution in [0.3, 0.4) is 0 Å². The Morgan fingerprint density at radius 1 is 1.18 bits per heavy atom. The molecule has 0 atom stereocenters. The average Bonchev–Trinajstić information content (AvgIpc) is 2.43. The second-order valence-corrected chi connectivity index (χ2v) is 6.89. The largest absolute Gasteiger partial charge is 0.478 e. The standard InChI is InChI=1S/C15H14ClNO4S/c1-9-6-7-11(8-12(9)15(18)19)22(20,21)17-14-5-3-4-13(16)10(14)2/h3-8,17H,1-2H3,(H,18,19). The van der Waals surface area contributed by atoms with Gasteiger partial charge in [0.1, 0.15) is 0 Å². The van der Waals surface area contributed by atoms with E-state index < -0.39 is 16.0 Å². The third-order valence-corrected chi connectivity index (χ3v) is 5.03. The summed E-state index contributed by atoms with van der Waals surface area (Å²) in [5, 5.41) is 9.53. The monoisotopic (exact) mass is 339 g/mol. The second kappa shape index (κ2) is 5.98. The van der Waals surface area contributed by atoms with Crippen molar-refractivity contribution in [2.45, 2.75) is 18.7 Å². The van der Waals surface area contributed by atoms with E-state index in [0.29, 0.717) is 21.8 Å². The lowest BCUT2D eigenvalue weighted by molar-refractivity contribution is 0.0696. The zero-order chi connectivity index (χ0) is 16.5. The molecule has 22 heavy (non-hydrogen) atoms. The van der Waals surface area contributed by atoms with E-state index in [4.69, 9.17) is 16.7 Å². The van der Waals surface area contributed by atoms with Gasteiger partial charge in [-0.2, -0.15) is 0 Å². The van der Waals surface area contributed by atoms with E-state index in [-0.39, 0.29) is 10.5 Å². The molecule has 7 heteroatoms. The van der Waals surface area contributed by atoms with Gasteiger partial charge in [0.2, 0.25) is 0 Å². The van der Waals surface area contributed by atoms with Gasteiger partial charge in [-0.3, -0.25) is 4.72 Å². The first-order chi connectivity index (χ1) is 10.2. The van der Waals surface area contributed by atoms with Crippen molar-refractivity contribution in [2.75, 3.05) is 4.72 Å². The molecule has 2 N–H and O–H groups in total. The SMILES string of the molecule is Cc1ccc(S(=O)(=O)Nc2cccc(Cl)c2C)cc1C(=O)O. The summed E-state index contributed by atoms with van der Waals surface area (Å²) in [6.07, 6.45) is 0. The number of halogens is 1. The van der Waals surface area contributed by atoms with Crippen molar-refractivity contribution in [1.29, 1.82) is 0 Å². The molecule has 0 fully saturated rings. The maximum absolute atomic E-state index is 12.4. The van der Waals surface area contributed by atoms with Crippen LogP contribution >= 0.6 is 11.6 Å². The molecule has 0 aliphatic carbocycles. The van der Waals surface area contributed by atoms with Gasteiger partial charge in [0.25, 0.3) is 10.0 Å². The van der Waals surface area contributed by atoms with Crippen molar-refractivity contribution in [1.82, 2.24) is 0 Å². The number of carboxylic acid groups (broad SMARTS) is 1. The number of aryl methyl sites for hydroxylation is 1. The van der Waals surface area contributed by atoms with Gasteiger partial charge in [-0.25, -0.2) is 13.2 Å². The average molecular weight is 340 g/mol. The van der Waals surface area contributed by atoms with Gasteiger partial charge < -0.3 is 5.11 Å². The van der Waals surface area contributed by atoms with Crippen LogP contribution in [0.25, 0.3) is 0 Å². The van der Waals surface area contributed by atoms with Crippen molar-refractivity contribution in [3.63, 3.8) is 0 Å². The fraction of sp³-hybridized carbons (Fsp3) is 0.133. The maximum atomic E-state index is 12.4. The Labute approximate surface area is 133 Å². The number of nitrogens with one attached hydrogen (secondary N) is 1. The van der Waals surface area contributed by atoms with Crippen molar-refractivity contribution in [3.8, 4) is 0 Å². The number of carbonyl (C=O) groups is 1. The minimum Gasteiger partial charge on any atom is -0.478 e. The molecular formula is C15H14ClNO4S. The van der Waals surface area contributed by atoms with Crippen LogP contribution in [0, 0.1) is 13.8 Å². The van der Waals surface area contributed by atoms with Crippen LogP contribution in [0.5, 0.6) is 0 Å². The predicted octanol–water partition coefficient (Wildman–Crippen LogP) is 3.46. The lowest BCUT2D eigenvalue weighted by Gasteiger charge is -2.12. The smallest absolute Gasteiger partial charge is 0.335 e. The molecular weight excluding hydrogens is 326 g/mol. The van der Waals surface area contributed by atoms with Crippen molar-refractivity contribution in [3.05, 3.63) is 58.1 Å². The highest BCUT2D eigenvalue weighted by Gasteiger charge is 2.19. The van der Waals surface area contributed by atoms with E-state index >= 15 is 0 Å². The van der Waals surface area contributed by atoms with Crippen molar-refractivity contribution < 1.29 is 18.3 Å². The number of anilines is 1. The molecule has 0 radical (unpaired) electrons. The van der Waals surface area contributed by atoms with E-state index in [1.807, 2.05) is 0 Å². The van der Waals surface area contributed by atoms with Crippen molar-refractivity contribution >= 4 is 33.3 Å². The predicted molar refractivity (Wildman–Crippen MR) is 85.1 cm³/mol. The zero-order valence-electron chi connectivity index (χ0n) is 11.9. The highest BCUT2D eigenvalue weighted by atomic mass is 35.5. The van der Waals surface area contributed by atoms with Gasteiger partial charge >= 0.3 is 5.97 Å². The van der Waals surface area contributed by atoms with Gasteiger partial charge in [0.05, 0.1) is 16.1 Å². The molecule has 2 aromatic rings. The number of aromatic carboxylic acids is 1. The van der Waals surface area contributed by atoms with E-state index in [2.05, 4.69) is 4.72 Å². The first-order valence-electron chi connectivity index (χ1n) is 6.34. The van der Waals surface area contributed by atoms with Gasteiger partial charge in [0, 0.05) is 5.02 Å². The van der Waals surface area contributed by atoms with Crippen molar-refractivity contribution in [2.24, 2.45) is 0 Å². The molecule has 0 spiro atoms. The van der Waals surface area contributed by atoms with Crippen LogP contribution in [0.1, 0.15) is 21.5 Å². The molecule has 0 unspecified atom stereocenters. The maximum Gasteiger partial charge on any atom is 0.335 e. The number of rotatable bonds is 4. The normalized spacial score (nSPS) is 11.2. The zero-order valence-corrected chi connectivity index (χ0v) is 13.5. The summed E-state index contributed by atoms with van der Waals surface area (Å²) in [7, 11) is -3.90. The summed E-state index contributed by atoms with van der Waals surface area (Å²) in [5.74, 6) is -1.17. The number of carboxylic acids is 1. The summed E-state index contributed by atoms with van der Waals surface area (Å²) < 4.78 is 27.2. The highest BCUT2D eigenvalue weighted by molar-refractivity contribution is 7.92. The third-order valence-electron chi connectivity index (χ3n) is 3.26. The minimum atomic E-state index is -3.90. The number of benzene rings is 2. The molecule has 0 amide bonds. The Kier molecular flexibility index (Phi) is 4.44. The Hall–Kier alpha value is -2.05. The molecule has 5 nitrogen and oxygen atoms in total. The Bertz CT molecular complexity index is 847. The number of hydrogen-bond acceptors (Lipinski definition) is 3. The molecule has 2 aromatic carbocycles. The van der Waals surface area contributed by atoms with Gasteiger partial charge in [-0.05, 0) is 49.2 Å². The van der Waals surface area contributed by atoms with E-state index in [9.17, 15) is 13.2 Å². The molecule has 0 heterocycles. The Balaban J connectivity index is 2.45. The summed E-state index contributed by atoms with van der Waals surface area (Å²) in [4.78, 5) is 11.0. The first-order valence-corrected chi connectivity index (χ1v) is 8.20. The molecule has 0 aliphatic heterocycles. The molecule has 2 rings (SSSR count). The van der Waals surface area contributed by atoms with Crippen LogP contribution in [-0.2, 0) is 10.0 Å². The van der Waals surface area contributed by atoms with Crippen LogP contribution < -0.4 is 4.72 Å². The Morgan fingerprint density at radius 3 is 2.50 bits per heavy atom. The van der Waals surface area contributed by atoms with Gasteiger partial charge in [-0.15, -0.1) is 0 Å². The molecule has 0 bridgehead atoms.